The van der Waals surface area contributed by atoms with E-state index in [9.17, 15) is 5.11 Å². The monoisotopic (exact) mass is 212 g/mol. The number of aliphatic hydroxyl groups is 1. The van der Waals surface area contributed by atoms with E-state index in [2.05, 4.69) is 27.7 Å². The molecule has 0 bridgehead atoms. The van der Waals surface area contributed by atoms with Crippen LogP contribution in [0, 0.1) is 17.3 Å². The summed E-state index contributed by atoms with van der Waals surface area (Å²) in [5.74, 6) is 1.62. The predicted molar refractivity (Wildman–Crippen MR) is 65.8 cm³/mol. The zero-order chi connectivity index (χ0) is 11.5. The second-order valence-electron chi connectivity index (χ2n) is 6.06. The van der Waals surface area contributed by atoms with E-state index in [4.69, 9.17) is 0 Å². The van der Waals surface area contributed by atoms with Crippen molar-refractivity contribution < 1.29 is 5.11 Å². The molecule has 3 atom stereocenters. The van der Waals surface area contributed by atoms with Crippen molar-refractivity contribution in [2.45, 2.75) is 72.3 Å². The molecule has 0 saturated heterocycles. The molecule has 90 valence electrons. The summed E-state index contributed by atoms with van der Waals surface area (Å²) in [7, 11) is 0. The maximum atomic E-state index is 10.2. The summed E-state index contributed by atoms with van der Waals surface area (Å²) in [6.07, 6.45) is 7.07. The minimum atomic E-state index is -0.0683. The maximum absolute atomic E-state index is 10.2. The molecule has 0 aromatic heterocycles. The third kappa shape index (κ3) is 3.21. The molecule has 0 amide bonds. The molecule has 1 unspecified atom stereocenters. The largest absolute Gasteiger partial charge is 0.393 e. The van der Waals surface area contributed by atoms with Crippen LogP contribution in [0.3, 0.4) is 0 Å². The Labute approximate surface area is 95.3 Å². The second-order valence-corrected chi connectivity index (χ2v) is 6.06. The molecule has 0 aromatic carbocycles. The summed E-state index contributed by atoms with van der Waals surface area (Å²) in [4.78, 5) is 0. The van der Waals surface area contributed by atoms with E-state index in [1.54, 1.807) is 0 Å². The zero-order valence-corrected chi connectivity index (χ0v) is 10.9. The summed E-state index contributed by atoms with van der Waals surface area (Å²) in [5.41, 5.74) is 0.212. The van der Waals surface area contributed by atoms with Crippen molar-refractivity contribution in [3.8, 4) is 0 Å². The predicted octanol–water partition coefficient (Wildman–Crippen LogP) is 4.00. The van der Waals surface area contributed by atoms with Gasteiger partial charge < -0.3 is 5.11 Å². The smallest absolute Gasteiger partial charge is 0.0593 e. The van der Waals surface area contributed by atoms with Crippen LogP contribution in [-0.2, 0) is 0 Å². The quantitative estimate of drug-likeness (QED) is 0.730. The first-order valence-corrected chi connectivity index (χ1v) is 6.67. The topological polar surface area (TPSA) is 20.2 Å². The molecule has 1 nitrogen and oxygen atoms in total. The molecule has 1 saturated carbocycles. The third-order valence-corrected chi connectivity index (χ3v) is 4.39. The molecule has 0 spiro atoms. The van der Waals surface area contributed by atoms with Crippen molar-refractivity contribution >= 4 is 0 Å². The van der Waals surface area contributed by atoms with Gasteiger partial charge in [-0.3, -0.25) is 0 Å². The van der Waals surface area contributed by atoms with Gasteiger partial charge in [0.1, 0.15) is 0 Å². The van der Waals surface area contributed by atoms with Crippen LogP contribution in [0.15, 0.2) is 0 Å². The SMILES string of the molecule is CCCCC(O)[C@]1(C)CC[C@H](C(C)C)C1. The third-order valence-electron chi connectivity index (χ3n) is 4.39. The lowest BCUT2D eigenvalue weighted by atomic mass is 9.78. The standard InChI is InChI=1S/C14H28O/c1-5-6-7-13(15)14(4)9-8-12(10-14)11(2)3/h11-13,15H,5-10H2,1-4H3/t12-,13?,14+/m0/s1. The molecule has 1 heteroatoms. The summed E-state index contributed by atoms with van der Waals surface area (Å²) in [5, 5.41) is 10.2. The number of rotatable bonds is 5. The maximum Gasteiger partial charge on any atom is 0.0593 e. The molecule has 15 heavy (non-hydrogen) atoms. The summed E-state index contributed by atoms with van der Waals surface area (Å²) < 4.78 is 0. The van der Waals surface area contributed by atoms with Crippen molar-refractivity contribution in [3.63, 3.8) is 0 Å². The van der Waals surface area contributed by atoms with Crippen LogP contribution >= 0.6 is 0 Å². The van der Waals surface area contributed by atoms with Gasteiger partial charge in [0, 0.05) is 0 Å². The van der Waals surface area contributed by atoms with Gasteiger partial charge >= 0.3 is 0 Å². The molecule has 0 aromatic rings. The van der Waals surface area contributed by atoms with Crippen LogP contribution in [0.5, 0.6) is 0 Å². The van der Waals surface area contributed by atoms with Gasteiger partial charge in [0.15, 0.2) is 0 Å². The summed E-state index contributed by atoms with van der Waals surface area (Å²) in [6, 6.07) is 0. The summed E-state index contributed by atoms with van der Waals surface area (Å²) in [6.45, 7) is 9.11. The van der Waals surface area contributed by atoms with E-state index < -0.39 is 0 Å². The van der Waals surface area contributed by atoms with Crippen molar-refractivity contribution in [2.24, 2.45) is 17.3 Å². The Kier molecular flexibility index (Phi) is 4.64. The number of unbranched alkanes of at least 4 members (excludes halogenated alkanes) is 1. The van der Waals surface area contributed by atoms with E-state index in [0.29, 0.717) is 0 Å². The number of aliphatic hydroxyl groups excluding tert-OH is 1. The molecule has 0 radical (unpaired) electrons. The van der Waals surface area contributed by atoms with Gasteiger partial charge in [0.25, 0.3) is 0 Å². The van der Waals surface area contributed by atoms with Crippen molar-refractivity contribution in [3.05, 3.63) is 0 Å². The highest BCUT2D eigenvalue weighted by Gasteiger charge is 2.40. The first kappa shape index (κ1) is 13.0. The molecule has 1 fully saturated rings. The zero-order valence-electron chi connectivity index (χ0n) is 10.9. The van der Waals surface area contributed by atoms with Crippen LogP contribution in [0.25, 0.3) is 0 Å². The lowest BCUT2D eigenvalue weighted by Crippen LogP contribution is -2.30. The molecule has 1 N–H and O–H groups in total. The Morgan fingerprint density at radius 2 is 2.07 bits per heavy atom. The molecular weight excluding hydrogens is 184 g/mol. The van der Waals surface area contributed by atoms with Gasteiger partial charge in [-0.15, -0.1) is 0 Å². The Bertz CT molecular complexity index is 188. The van der Waals surface area contributed by atoms with Crippen molar-refractivity contribution in [2.75, 3.05) is 0 Å². The van der Waals surface area contributed by atoms with E-state index in [0.717, 1.165) is 18.3 Å². The summed E-state index contributed by atoms with van der Waals surface area (Å²) >= 11 is 0. The Hall–Kier alpha value is -0.0400. The van der Waals surface area contributed by atoms with Crippen molar-refractivity contribution in [1.29, 1.82) is 0 Å². The minimum Gasteiger partial charge on any atom is -0.393 e. The van der Waals surface area contributed by atoms with E-state index >= 15 is 0 Å². The molecule has 1 rings (SSSR count). The van der Waals surface area contributed by atoms with E-state index in [1.807, 2.05) is 0 Å². The molecule has 1 aliphatic carbocycles. The highest BCUT2D eigenvalue weighted by Crippen LogP contribution is 2.47. The highest BCUT2D eigenvalue weighted by molar-refractivity contribution is 4.91. The van der Waals surface area contributed by atoms with Gasteiger partial charge in [-0.1, -0.05) is 40.5 Å². The van der Waals surface area contributed by atoms with Crippen LogP contribution in [0.1, 0.15) is 66.2 Å². The molecule has 0 aliphatic heterocycles. The number of hydrogen-bond donors (Lipinski definition) is 1. The molecular formula is C14H28O. The van der Waals surface area contributed by atoms with Gasteiger partial charge in [-0.05, 0) is 42.9 Å². The van der Waals surface area contributed by atoms with Gasteiger partial charge in [-0.2, -0.15) is 0 Å². The molecule has 0 heterocycles. The van der Waals surface area contributed by atoms with Crippen LogP contribution < -0.4 is 0 Å². The average molecular weight is 212 g/mol. The first-order chi connectivity index (χ1) is 6.99. The van der Waals surface area contributed by atoms with Gasteiger partial charge in [-0.25, -0.2) is 0 Å². The lowest BCUT2D eigenvalue weighted by molar-refractivity contribution is 0.0291. The molecule has 1 aliphatic rings. The minimum absolute atomic E-state index is 0.0683. The van der Waals surface area contributed by atoms with E-state index in [-0.39, 0.29) is 11.5 Å². The van der Waals surface area contributed by atoms with E-state index in [1.165, 1.54) is 32.1 Å². The van der Waals surface area contributed by atoms with Gasteiger partial charge in [0.05, 0.1) is 6.10 Å². The van der Waals surface area contributed by atoms with Gasteiger partial charge in [0.2, 0.25) is 0 Å². The normalized spacial score (nSPS) is 33.6. The van der Waals surface area contributed by atoms with Crippen LogP contribution in [-0.4, -0.2) is 11.2 Å². The highest BCUT2D eigenvalue weighted by atomic mass is 16.3. The Morgan fingerprint density at radius 3 is 2.53 bits per heavy atom. The average Bonchev–Trinajstić information content (AvgIpc) is 2.59. The van der Waals surface area contributed by atoms with Crippen molar-refractivity contribution in [1.82, 2.24) is 0 Å². The number of hydrogen-bond acceptors (Lipinski definition) is 1. The van der Waals surface area contributed by atoms with Crippen LogP contribution in [0.2, 0.25) is 0 Å². The van der Waals surface area contributed by atoms with Crippen LogP contribution in [0.4, 0.5) is 0 Å². The fourth-order valence-electron chi connectivity index (χ4n) is 2.94. The Morgan fingerprint density at radius 1 is 1.40 bits per heavy atom. The lowest BCUT2D eigenvalue weighted by Gasteiger charge is -2.31. The fraction of sp³-hybridized carbons (Fsp3) is 1.00. The Balaban J connectivity index is 2.46. The fourth-order valence-corrected chi connectivity index (χ4v) is 2.94. The first-order valence-electron chi connectivity index (χ1n) is 6.67. The second kappa shape index (κ2) is 5.34.